The van der Waals surface area contributed by atoms with Gasteiger partial charge in [-0.2, -0.15) is 9.97 Å². The summed E-state index contributed by atoms with van der Waals surface area (Å²) in [6, 6.07) is 11.9. The molecule has 0 saturated carbocycles. The number of anilines is 3. The van der Waals surface area contributed by atoms with E-state index in [9.17, 15) is 9.18 Å². The molecule has 0 fully saturated rings. The molecule has 34 heavy (non-hydrogen) atoms. The second-order valence-electron chi connectivity index (χ2n) is 8.16. The number of hydrogen-bond acceptors (Lipinski definition) is 7. The number of hydrogen-bond donors (Lipinski definition) is 2. The molecule has 3 heterocycles. The molecule has 5 aromatic rings. The van der Waals surface area contributed by atoms with Gasteiger partial charge in [-0.15, -0.1) is 0 Å². The number of fused-ring (bicyclic) bond motifs is 2. The van der Waals surface area contributed by atoms with Crippen molar-refractivity contribution in [1.29, 1.82) is 0 Å². The highest BCUT2D eigenvalue weighted by Crippen LogP contribution is 2.37. The molecule has 0 amide bonds. The Balaban J connectivity index is 1.60. The number of carbonyl (C=O) groups is 1. The zero-order valence-corrected chi connectivity index (χ0v) is 18.8. The van der Waals surface area contributed by atoms with Gasteiger partial charge >= 0.3 is 5.97 Å². The van der Waals surface area contributed by atoms with Crippen molar-refractivity contribution in [1.82, 2.24) is 14.5 Å². The Morgan fingerprint density at radius 2 is 2.00 bits per heavy atom. The van der Waals surface area contributed by atoms with Gasteiger partial charge in [-0.1, -0.05) is 6.07 Å². The lowest BCUT2D eigenvalue weighted by molar-refractivity contribution is 0.0600. The number of furan rings is 1. The van der Waals surface area contributed by atoms with Crippen LogP contribution in [0.2, 0.25) is 0 Å². The summed E-state index contributed by atoms with van der Waals surface area (Å²) in [5, 5.41) is 4.56. The highest BCUT2D eigenvalue weighted by atomic mass is 19.1. The summed E-state index contributed by atoms with van der Waals surface area (Å²) < 4.78 is 26.7. The van der Waals surface area contributed by atoms with E-state index in [0.29, 0.717) is 11.0 Å². The maximum atomic E-state index is 14.6. The van der Waals surface area contributed by atoms with Gasteiger partial charge in [-0.05, 0) is 55.8 Å². The van der Waals surface area contributed by atoms with Gasteiger partial charge in [0.2, 0.25) is 5.95 Å². The first-order chi connectivity index (χ1) is 16.4. The SMILES string of the molecule is COC(=O)c1ccc(Nc2nc(N)c3c(-c4ccc5occc5c4)cn(C(C)C)c3n2)c(F)c1. The molecule has 8 nitrogen and oxygen atoms in total. The second kappa shape index (κ2) is 8.18. The number of nitrogens with two attached hydrogens (primary N) is 1. The minimum atomic E-state index is -0.640. The molecule has 3 aromatic heterocycles. The monoisotopic (exact) mass is 459 g/mol. The zero-order valence-electron chi connectivity index (χ0n) is 18.8. The lowest BCUT2D eigenvalue weighted by Crippen LogP contribution is -2.07. The van der Waals surface area contributed by atoms with Crippen molar-refractivity contribution in [3.05, 3.63) is 66.3 Å². The van der Waals surface area contributed by atoms with Crippen LogP contribution in [0.25, 0.3) is 33.1 Å². The summed E-state index contributed by atoms with van der Waals surface area (Å²) in [6.45, 7) is 4.08. The normalized spacial score (nSPS) is 11.4. The van der Waals surface area contributed by atoms with Crippen LogP contribution in [0.5, 0.6) is 0 Å². The molecule has 0 saturated heterocycles. The summed E-state index contributed by atoms with van der Waals surface area (Å²) in [5.41, 5.74) is 9.89. The third-order valence-electron chi connectivity index (χ3n) is 5.66. The maximum absolute atomic E-state index is 14.6. The molecular formula is C25H22FN5O3. The standard InChI is InChI=1S/C25H22FN5O3/c1-13(2)31-12-17(14-5-7-20-15(10-14)8-9-34-20)21-22(27)29-25(30-23(21)31)28-19-6-4-16(11-18(19)26)24(32)33-3/h4-13H,1-3H3,(H3,27,28,29,30). The Morgan fingerprint density at radius 3 is 2.74 bits per heavy atom. The number of esters is 1. The third-order valence-corrected chi connectivity index (χ3v) is 5.66. The molecule has 3 N–H and O–H groups in total. The highest BCUT2D eigenvalue weighted by molar-refractivity contribution is 6.02. The number of carbonyl (C=O) groups excluding carboxylic acids is 1. The van der Waals surface area contributed by atoms with Gasteiger partial charge in [0.25, 0.3) is 0 Å². The van der Waals surface area contributed by atoms with Crippen LogP contribution in [0.4, 0.5) is 21.8 Å². The van der Waals surface area contributed by atoms with Crippen LogP contribution in [0.3, 0.4) is 0 Å². The Hall–Kier alpha value is -4.40. The summed E-state index contributed by atoms with van der Waals surface area (Å²) >= 11 is 0. The lowest BCUT2D eigenvalue weighted by Gasteiger charge is -2.11. The number of nitrogen functional groups attached to an aromatic ring is 1. The number of ether oxygens (including phenoxy) is 1. The Kier molecular flexibility index (Phi) is 5.16. The summed E-state index contributed by atoms with van der Waals surface area (Å²) in [7, 11) is 1.24. The number of nitrogens with one attached hydrogen (secondary N) is 1. The molecule has 2 aromatic carbocycles. The van der Waals surface area contributed by atoms with E-state index in [2.05, 4.69) is 20.0 Å². The van der Waals surface area contributed by atoms with Crippen LogP contribution in [0.15, 0.2) is 59.3 Å². The lowest BCUT2D eigenvalue weighted by atomic mass is 10.0. The predicted molar refractivity (Wildman–Crippen MR) is 129 cm³/mol. The van der Waals surface area contributed by atoms with E-state index in [1.165, 1.54) is 19.2 Å². The fourth-order valence-electron chi connectivity index (χ4n) is 3.96. The molecule has 0 aliphatic rings. The molecule has 0 radical (unpaired) electrons. The van der Waals surface area contributed by atoms with Gasteiger partial charge < -0.3 is 24.8 Å². The zero-order chi connectivity index (χ0) is 24.0. The van der Waals surface area contributed by atoms with Crippen LogP contribution in [-0.4, -0.2) is 27.6 Å². The van der Waals surface area contributed by atoms with Crippen LogP contribution < -0.4 is 11.1 Å². The summed E-state index contributed by atoms with van der Waals surface area (Å²) in [4.78, 5) is 20.7. The van der Waals surface area contributed by atoms with Crippen molar-refractivity contribution in [2.24, 2.45) is 0 Å². The molecular weight excluding hydrogens is 437 g/mol. The van der Waals surface area contributed by atoms with Gasteiger partial charge in [0.05, 0.1) is 30.0 Å². The maximum Gasteiger partial charge on any atom is 0.337 e. The summed E-state index contributed by atoms with van der Waals surface area (Å²) in [5.74, 6) is -0.853. The molecule has 0 unspecified atom stereocenters. The molecule has 0 atom stereocenters. The fraction of sp³-hybridized carbons (Fsp3) is 0.160. The van der Waals surface area contributed by atoms with Gasteiger partial charge in [-0.3, -0.25) is 0 Å². The number of benzene rings is 2. The largest absolute Gasteiger partial charge is 0.465 e. The minimum absolute atomic E-state index is 0.0899. The van der Waals surface area contributed by atoms with Crippen molar-refractivity contribution in [2.45, 2.75) is 19.9 Å². The van der Waals surface area contributed by atoms with E-state index in [4.69, 9.17) is 10.2 Å². The van der Waals surface area contributed by atoms with Crippen LogP contribution in [-0.2, 0) is 4.74 Å². The van der Waals surface area contributed by atoms with Crippen molar-refractivity contribution in [3.63, 3.8) is 0 Å². The molecule has 0 aliphatic carbocycles. The van der Waals surface area contributed by atoms with E-state index in [1.807, 2.05) is 48.9 Å². The molecule has 172 valence electrons. The Bertz CT molecular complexity index is 1550. The van der Waals surface area contributed by atoms with Crippen molar-refractivity contribution >= 4 is 45.4 Å². The first-order valence-electron chi connectivity index (χ1n) is 10.7. The first-order valence-corrected chi connectivity index (χ1v) is 10.7. The number of rotatable bonds is 5. The van der Waals surface area contributed by atoms with Crippen molar-refractivity contribution in [3.8, 4) is 11.1 Å². The Morgan fingerprint density at radius 1 is 1.18 bits per heavy atom. The quantitative estimate of drug-likeness (QED) is 0.326. The summed E-state index contributed by atoms with van der Waals surface area (Å²) in [6.07, 6.45) is 3.65. The topological polar surface area (TPSA) is 108 Å². The first kappa shape index (κ1) is 21.4. The van der Waals surface area contributed by atoms with Crippen LogP contribution >= 0.6 is 0 Å². The smallest absolute Gasteiger partial charge is 0.337 e. The van der Waals surface area contributed by atoms with E-state index in [1.54, 1.807) is 6.26 Å². The number of nitrogens with zero attached hydrogens (tertiary/aromatic N) is 3. The van der Waals surface area contributed by atoms with Crippen LogP contribution in [0.1, 0.15) is 30.2 Å². The Labute approximate surface area is 194 Å². The van der Waals surface area contributed by atoms with Gasteiger partial charge in [0.1, 0.15) is 22.9 Å². The highest BCUT2D eigenvalue weighted by Gasteiger charge is 2.19. The molecule has 0 bridgehead atoms. The molecule has 0 spiro atoms. The van der Waals surface area contributed by atoms with E-state index < -0.39 is 11.8 Å². The van der Waals surface area contributed by atoms with E-state index >= 15 is 0 Å². The van der Waals surface area contributed by atoms with Crippen molar-refractivity contribution < 1.29 is 18.3 Å². The number of aromatic nitrogens is 3. The fourth-order valence-corrected chi connectivity index (χ4v) is 3.96. The van der Waals surface area contributed by atoms with Gasteiger partial charge in [0.15, 0.2) is 0 Å². The average Bonchev–Trinajstić information content (AvgIpc) is 3.44. The minimum Gasteiger partial charge on any atom is -0.465 e. The van der Waals surface area contributed by atoms with Crippen molar-refractivity contribution in [2.75, 3.05) is 18.2 Å². The second-order valence-corrected chi connectivity index (χ2v) is 8.16. The molecule has 0 aliphatic heterocycles. The van der Waals surface area contributed by atoms with Crippen LogP contribution in [0, 0.1) is 5.82 Å². The average molecular weight is 459 g/mol. The number of halogens is 1. The van der Waals surface area contributed by atoms with E-state index in [-0.39, 0.29) is 29.1 Å². The molecule has 9 heteroatoms. The predicted octanol–water partition coefficient (Wildman–Crippen LogP) is 5.68. The third kappa shape index (κ3) is 3.61. The van der Waals surface area contributed by atoms with Gasteiger partial charge in [-0.25, -0.2) is 9.18 Å². The molecule has 5 rings (SSSR count). The van der Waals surface area contributed by atoms with Gasteiger partial charge in [0, 0.05) is 23.2 Å². The number of methoxy groups -OCH3 is 1. The van der Waals surface area contributed by atoms with E-state index in [0.717, 1.165) is 28.2 Å².